The molecule has 0 heterocycles. The Kier molecular flexibility index (Phi) is 3.16. The van der Waals surface area contributed by atoms with Crippen LogP contribution in [0.25, 0.3) is 0 Å². The minimum Gasteiger partial charge on any atom is -0.374 e. The van der Waals surface area contributed by atoms with E-state index < -0.39 is 52.2 Å². The Balaban J connectivity index is 2.75. The summed E-state index contributed by atoms with van der Waals surface area (Å²) in [5, 5.41) is 9.83. The molecule has 0 aliphatic heterocycles. The molecular weight excluding hydrogens is 283 g/mol. The van der Waals surface area contributed by atoms with Crippen LogP contribution in [-0.4, -0.2) is 22.7 Å². The zero-order valence-electron chi connectivity index (χ0n) is 10.6. The number of benzene rings is 1. The number of fused-ring (bicyclic) bond motifs is 1. The van der Waals surface area contributed by atoms with Crippen molar-refractivity contribution in [1.29, 1.82) is 0 Å². The van der Waals surface area contributed by atoms with E-state index in [1.807, 2.05) is 0 Å². The van der Waals surface area contributed by atoms with Gasteiger partial charge in [-0.25, -0.2) is 8.78 Å². The smallest absolute Gasteiger partial charge is 0.374 e. The molecule has 1 aromatic carbocycles. The summed E-state index contributed by atoms with van der Waals surface area (Å²) in [4.78, 5) is 11.9. The minimum atomic E-state index is -5.19. The van der Waals surface area contributed by atoms with E-state index in [2.05, 4.69) is 0 Å². The second-order valence-corrected chi connectivity index (χ2v) is 4.99. The first kappa shape index (κ1) is 14.9. The summed E-state index contributed by atoms with van der Waals surface area (Å²) in [5.74, 6) is -7.03. The Labute approximate surface area is 111 Å². The molecule has 2 nitrogen and oxygen atoms in total. The number of halogens is 5. The van der Waals surface area contributed by atoms with Gasteiger partial charge in [0.2, 0.25) is 11.4 Å². The minimum absolute atomic E-state index is 0.420. The van der Waals surface area contributed by atoms with Crippen molar-refractivity contribution >= 4 is 5.78 Å². The molecule has 110 valence electrons. The third-order valence-electron chi connectivity index (χ3n) is 4.02. The molecule has 3 unspecified atom stereocenters. The number of hydrogen-bond donors (Lipinski definition) is 1. The van der Waals surface area contributed by atoms with Crippen LogP contribution in [0.15, 0.2) is 12.1 Å². The lowest BCUT2D eigenvalue weighted by molar-refractivity contribution is -0.256. The van der Waals surface area contributed by atoms with Crippen LogP contribution in [0.3, 0.4) is 0 Å². The number of carbonyl (C=O) groups excluding carboxylic acids is 1. The Morgan fingerprint density at radius 2 is 1.75 bits per heavy atom. The quantitative estimate of drug-likeness (QED) is 0.746. The molecular formula is C13H11F5O2. The average Bonchev–Trinajstić information content (AvgIpc) is 2.35. The predicted molar refractivity (Wildman–Crippen MR) is 59.3 cm³/mol. The molecule has 1 N–H and O–H groups in total. The van der Waals surface area contributed by atoms with E-state index in [-0.39, 0.29) is 0 Å². The Bertz CT molecular complexity index is 581. The van der Waals surface area contributed by atoms with Gasteiger partial charge in [0.1, 0.15) is 0 Å². The van der Waals surface area contributed by atoms with Crippen molar-refractivity contribution in [3.05, 3.63) is 34.9 Å². The van der Waals surface area contributed by atoms with Gasteiger partial charge in [-0.05, 0) is 18.1 Å². The van der Waals surface area contributed by atoms with Crippen molar-refractivity contribution in [3.8, 4) is 0 Å². The fraction of sp³-hybridized carbons (Fsp3) is 0.462. The molecule has 0 saturated carbocycles. The second kappa shape index (κ2) is 4.25. The van der Waals surface area contributed by atoms with E-state index in [0.29, 0.717) is 6.07 Å². The molecule has 3 atom stereocenters. The lowest BCUT2D eigenvalue weighted by Gasteiger charge is -2.42. The third-order valence-corrected chi connectivity index (χ3v) is 4.02. The van der Waals surface area contributed by atoms with Gasteiger partial charge in [-0.1, -0.05) is 13.8 Å². The topological polar surface area (TPSA) is 37.3 Å². The van der Waals surface area contributed by atoms with E-state index >= 15 is 0 Å². The van der Waals surface area contributed by atoms with Gasteiger partial charge >= 0.3 is 6.18 Å². The maximum absolute atomic E-state index is 13.7. The van der Waals surface area contributed by atoms with Crippen LogP contribution >= 0.6 is 0 Å². The van der Waals surface area contributed by atoms with Crippen molar-refractivity contribution in [3.63, 3.8) is 0 Å². The Hall–Kier alpha value is -1.50. The maximum atomic E-state index is 13.7. The van der Waals surface area contributed by atoms with E-state index in [1.54, 1.807) is 0 Å². The standard InChI is InChI=1S/C13H11F5O2/c1-5-6(2)12(20,13(16,17)18)11(19)7-3-4-8(14)10(15)9(5)7/h3-6,20H,1-2H3. The van der Waals surface area contributed by atoms with E-state index in [9.17, 15) is 31.9 Å². The molecule has 1 aliphatic rings. The Morgan fingerprint density at radius 3 is 2.25 bits per heavy atom. The van der Waals surface area contributed by atoms with E-state index in [0.717, 1.165) is 13.0 Å². The summed E-state index contributed by atoms with van der Waals surface area (Å²) in [6, 6.07) is 1.35. The average molecular weight is 294 g/mol. The van der Waals surface area contributed by atoms with Crippen molar-refractivity contribution in [2.75, 3.05) is 0 Å². The van der Waals surface area contributed by atoms with Crippen molar-refractivity contribution in [2.24, 2.45) is 5.92 Å². The SMILES string of the molecule is CC1c2c(ccc(F)c2F)C(=O)C(O)(C(F)(F)F)C1C. The van der Waals surface area contributed by atoms with Crippen LogP contribution in [0.1, 0.15) is 35.7 Å². The second-order valence-electron chi connectivity index (χ2n) is 4.99. The first-order valence-corrected chi connectivity index (χ1v) is 5.85. The summed E-state index contributed by atoms with van der Waals surface area (Å²) in [6.45, 7) is 2.21. The largest absolute Gasteiger partial charge is 0.425 e. The monoisotopic (exact) mass is 294 g/mol. The number of alkyl halides is 3. The van der Waals surface area contributed by atoms with E-state index in [4.69, 9.17) is 0 Å². The number of rotatable bonds is 0. The van der Waals surface area contributed by atoms with Gasteiger partial charge in [-0.3, -0.25) is 4.79 Å². The highest BCUT2D eigenvalue weighted by atomic mass is 19.4. The summed E-state index contributed by atoms with van der Waals surface area (Å²) >= 11 is 0. The van der Waals surface area contributed by atoms with Crippen LogP contribution < -0.4 is 0 Å². The summed E-state index contributed by atoms with van der Waals surface area (Å²) in [7, 11) is 0. The first-order chi connectivity index (χ1) is 9.03. The van der Waals surface area contributed by atoms with Gasteiger partial charge in [0.25, 0.3) is 0 Å². The molecule has 0 spiro atoms. The predicted octanol–water partition coefficient (Wildman–Crippen LogP) is 3.19. The highest BCUT2D eigenvalue weighted by Gasteiger charge is 2.66. The number of hydrogen-bond acceptors (Lipinski definition) is 2. The maximum Gasteiger partial charge on any atom is 0.425 e. The number of ketones is 1. The van der Waals surface area contributed by atoms with E-state index in [1.165, 1.54) is 6.92 Å². The number of carbonyl (C=O) groups is 1. The lowest BCUT2D eigenvalue weighted by Crippen LogP contribution is -2.60. The Morgan fingerprint density at radius 1 is 1.20 bits per heavy atom. The fourth-order valence-electron chi connectivity index (χ4n) is 2.62. The number of aliphatic hydroxyl groups is 1. The molecule has 0 radical (unpaired) electrons. The molecule has 2 rings (SSSR count). The van der Waals surface area contributed by atoms with Gasteiger partial charge in [0, 0.05) is 17.0 Å². The van der Waals surface area contributed by atoms with Crippen molar-refractivity contribution in [1.82, 2.24) is 0 Å². The van der Waals surface area contributed by atoms with Crippen LogP contribution in [0.2, 0.25) is 0 Å². The molecule has 0 fully saturated rings. The highest BCUT2D eigenvalue weighted by Crippen LogP contribution is 2.49. The van der Waals surface area contributed by atoms with Gasteiger partial charge in [-0.2, -0.15) is 13.2 Å². The summed E-state index contributed by atoms with van der Waals surface area (Å²) in [6.07, 6.45) is -5.19. The molecule has 0 amide bonds. The molecule has 0 saturated heterocycles. The lowest BCUT2D eigenvalue weighted by atomic mass is 9.66. The van der Waals surface area contributed by atoms with Gasteiger partial charge in [0.15, 0.2) is 11.6 Å². The van der Waals surface area contributed by atoms with Crippen LogP contribution in [0.5, 0.6) is 0 Å². The summed E-state index contributed by atoms with van der Waals surface area (Å²) < 4.78 is 66.0. The molecule has 20 heavy (non-hydrogen) atoms. The van der Waals surface area contributed by atoms with Crippen LogP contribution in [-0.2, 0) is 0 Å². The zero-order chi connectivity index (χ0) is 15.5. The number of Topliss-reactive ketones (excluding diaryl/α,β-unsaturated/α-hetero) is 1. The van der Waals surface area contributed by atoms with Crippen molar-refractivity contribution < 1.29 is 31.9 Å². The third kappa shape index (κ3) is 1.69. The van der Waals surface area contributed by atoms with Gasteiger partial charge < -0.3 is 5.11 Å². The zero-order valence-corrected chi connectivity index (χ0v) is 10.6. The van der Waals surface area contributed by atoms with Gasteiger partial charge in [-0.15, -0.1) is 0 Å². The normalized spacial score (nSPS) is 30.3. The van der Waals surface area contributed by atoms with Crippen LogP contribution in [0.4, 0.5) is 22.0 Å². The van der Waals surface area contributed by atoms with Crippen LogP contribution in [0, 0.1) is 17.6 Å². The molecule has 1 aromatic rings. The highest BCUT2D eigenvalue weighted by molar-refractivity contribution is 6.05. The molecule has 7 heteroatoms. The van der Waals surface area contributed by atoms with Crippen molar-refractivity contribution in [2.45, 2.75) is 31.5 Å². The molecule has 1 aliphatic carbocycles. The fourth-order valence-corrected chi connectivity index (χ4v) is 2.62. The summed E-state index contributed by atoms with van der Waals surface area (Å²) in [5.41, 5.74) is -4.64. The van der Waals surface area contributed by atoms with Gasteiger partial charge in [0.05, 0.1) is 0 Å². The molecule has 0 aromatic heterocycles. The first-order valence-electron chi connectivity index (χ1n) is 5.85. The molecule has 0 bridgehead atoms.